The van der Waals surface area contributed by atoms with Crippen molar-refractivity contribution < 1.29 is 4.79 Å². The first kappa shape index (κ1) is 15.5. The highest BCUT2D eigenvalue weighted by atomic mass is 16.1. The summed E-state index contributed by atoms with van der Waals surface area (Å²) < 4.78 is 0. The first-order chi connectivity index (χ1) is 11.3. The number of hydrogen-bond acceptors (Lipinski definition) is 4. The molecule has 0 aliphatic carbocycles. The van der Waals surface area contributed by atoms with Crippen LogP contribution in [0.2, 0.25) is 0 Å². The molecule has 3 rings (SSSR count). The molecule has 2 aromatic heterocycles. The molecule has 5 nitrogen and oxygen atoms in total. The average Bonchev–Trinajstić information content (AvgIpc) is 2.90. The number of carbonyl (C=O) groups excluding carboxylic acids is 1. The van der Waals surface area contributed by atoms with E-state index in [0.29, 0.717) is 12.2 Å². The minimum absolute atomic E-state index is 0.165. The second-order valence-electron chi connectivity index (χ2n) is 5.82. The van der Waals surface area contributed by atoms with Crippen molar-refractivity contribution in [3.8, 4) is 0 Å². The average molecular weight is 310 g/mol. The van der Waals surface area contributed by atoms with E-state index < -0.39 is 0 Å². The Balaban J connectivity index is 1.56. The smallest absolute Gasteiger partial charge is 0.270 e. The van der Waals surface area contributed by atoms with Crippen molar-refractivity contribution >= 4 is 11.7 Å². The van der Waals surface area contributed by atoms with Gasteiger partial charge in [0, 0.05) is 32.0 Å². The summed E-state index contributed by atoms with van der Waals surface area (Å²) in [5, 5.41) is 2.87. The zero-order chi connectivity index (χ0) is 15.9. The third-order valence-electron chi connectivity index (χ3n) is 4.09. The molecule has 0 unspecified atom stereocenters. The van der Waals surface area contributed by atoms with E-state index in [1.54, 1.807) is 24.4 Å². The van der Waals surface area contributed by atoms with E-state index in [4.69, 9.17) is 0 Å². The van der Waals surface area contributed by atoms with E-state index >= 15 is 0 Å². The Bertz CT molecular complexity index is 619. The summed E-state index contributed by atoms with van der Waals surface area (Å²) >= 11 is 0. The van der Waals surface area contributed by atoms with E-state index in [9.17, 15) is 4.79 Å². The topological polar surface area (TPSA) is 58.1 Å². The first-order valence-electron chi connectivity index (χ1n) is 8.22. The minimum atomic E-state index is -0.165. The van der Waals surface area contributed by atoms with Gasteiger partial charge in [0.15, 0.2) is 0 Å². The van der Waals surface area contributed by atoms with Gasteiger partial charge in [-0.25, -0.2) is 4.98 Å². The highest BCUT2D eigenvalue weighted by Gasteiger charge is 2.11. The van der Waals surface area contributed by atoms with Gasteiger partial charge < -0.3 is 10.2 Å². The summed E-state index contributed by atoms with van der Waals surface area (Å²) in [6.45, 7) is 2.63. The Hall–Kier alpha value is -2.43. The zero-order valence-corrected chi connectivity index (χ0v) is 13.2. The summed E-state index contributed by atoms with van der Waals surface area (Å²) in [7, 11) is 0. The lowest BCUT2D eigenvalue weighted by molar-refractivity contribution is 0.0946. The van der Waals surface area contributed by atoms with E-state index in [1.807, 2.05) is 18.3 Å². The fourth-order valence-corrected chi connectivity index (χ4v) is 2.78. The van der Waals surface area contributed by atoms with E-state index in [1.165, 1.54) is 25.7 Å². The number of hydrogen-bond donors (Lipinski definition) is 1. The van der Waals surface area contributed by atoms with Crippen molar-refractivity contribution in [1.29, 1.82) is 0 Å². The van der Waals surface area contributed by atoms with Gasteiger partial charge in [-0.15, -0.1) is 0 Å². The molecule has 2 aromatic rings. The Morgan fingerprint density at radius 1 is 1.04 bits per heavy atom. The van der Waals surface area contributed by atoms with Crippen LogP contribution in [0.3, 0.4) is 0 Å². The van der Waals surface area contributed by atoms with Crippen molar-refractivity contribution in [2.75, 3.05) is 18.0 Å². The van der Waals surface area contributed by atoms with Gasteiger partial charge in [0.1, 0.15) is 11.5 Å². The highest BCUT2D eigenvalue weighted by Crippen LogP contribution is 2.17. The second-order valence-corrected chi connectivity index (χ2v) is 5.82. The molecule has 0 spiro atoms. The monoisotopic (exact) mass is 310 g/mol. The van der Waals surface area contributed by atoms with Crippen LogP contribution >= 0.6 is 0 Å². The lowest BCUT2D eigenvalue weighted by atomic mass is 10.2. The molecule has 0 aromatic carbocycles. The molecule has 120 valence electrons. The number of nitrogens with zero attached hydrogens (tertiary/aromatic N) is 3. The Morgan fingerprint density at radius 3 is 2.52 bits per heavy atom. The molecule has 3 heterocycles. The SMILES string of the molecule is O=C(NCc1ccc(N2CCCCCC2)nc1)c1ccccn1. The predicted octanol–water partition coefficient (Wildman–Crippen LogP) is 2.79. The largest absolute Gasteiger partial charge is 0.357 e. The summed E-state index contributed by atoms with van der Waals surface area (Å²) in [6.07, 6.45) is 8.57. The lowest BCUT2D eigenvalue weighted by Gasteiger charge is -2.21. The van der Waals surface area contributed by atoms with Gasteiger partial charge in [0.05, 0.1) is 0 Å². The fraction of sp³-hybridized carbons (Fsp3) is 0.389. The highest BCUT2D eigenvalue weighted by molar-refractivity contribution is 5.92. The van der Waals surface area contributed by atoms with Gasteiger partial charge in [0.25, 0.3) is 5.91 Å². The van der Waals surface area contributed by atoms with Crippen LogP contribution in [0, 0.1) is 0 Å². The first-order valence-corrected chi connectivity index (χ1v) is 8.22. The van der Waals surface area contributed by atoms with E-state index in [-0.39, 0.29) is 5.91 Å². The minimum Gasteiger partial charge on any atom is -0.357 e. The standard InChI is InChI=1S/C18H22N4O/c23-18(16-7-3-4-10-19-16)21-14-15-8-9-17(20-13-15)22-11-5-1-2-6-12-22/h3-4,7-10,13H,1-2,5-6,11-12,14H2,(H,21,23). The summed E-state index contributed by atoms with van der Waals surface area (Å²) in [4.78, 5) is 22.9. The van der Waals surface area contributed by atoms with Crippen LogP contribution in [0.4, 0.5) is 5.82 Å². The number of pyridine rings is 2. The third-order valence-corrected chi connectivity index (χ3v) is 4.09. The normalized spacial score (nSPS) is 15.0. The molecule has 23 heavy (non-hydrogen) atoms. The number of nitrogens with one attached hydrogen (secondary N) is 1. The Kier molecular flexibility index (Phi) is 5.19. The summed E-state index contributed by atoms with van der Waals surface area (Å²) in [6, 6.07) is 9.39. The van der Waals surface area contributed by atoms with Crippen LogP contribution < -0.4 is 10.2 Å². The van der Waals surface area contributed by atoms with E-state index in [2.05, 4.69) is 20.2 Å². The van der Waals surface area contributed by atoms with Gasteiger partial charge in [-0.3, -0.25) is 9.78 Å². The maximum Gasteiger partial charge on any atom is 0.270 e. The molecule has 1 amide bonds. The van der Waals surface area contributed by atoms with Crippen LogP contribution in [-0.4, -0.2) is 29.0 Å². The van der Waals surface area contributed by atoms with Gasteiger partial charge in [-0.05, 0) is 36.6 Å². The van der Waals surface area contributed by atoms with Crippen molar-refractivity contribution in [3.63, 3.8) is 0 Å². The zero-order valence-electron chi connectivity index (χ0n) is 13.2. The second kappa shape index (κ2) is 7.72. The molecule has 1 aliphatic heterocycles. The number of aromatic nitrogens is 2. The number of carbonyl (C=O) groups is 1. The van der Waals surface area contributed by atoms with Gasteiger partial charge in [0.2, 0.25) is 0 Å². The summed E-state index contributed by atoms with van der Waals surface area (Å²) in [5.74, 6) is 0.869. The maximum atomic E-state index is 12.0. The number of amides is 1. The van der Waals surface area contributed by atoms with Crippen LogP contribution in [-0.2, 0) is 6.54 Å². The molecular formula is C18H22N4O. The van der Waals surface area contributed by atoms with E-state index in [0.717, 1.165) is 24.5 Å². The van der Waals surface area contributed by atoms with Crippen LogP contribution in [0.25, 0.3) is 0 Å². The lowest BCUT2D eigenvalue weighted by Crippen LogP contribution is -2.25. The van der Waals surface area contributed by atoms with Gasteiger partial charge in [-0.2, -0.15) is 0 Å². The molecule has 5 heteroatoms. The number of rotatable bonds is 4. The number of anilines is 1. The third kappa shape index (κ3) is 4.28. The van der Waals surface area contributed by atoms with Crippen LogP contribution in [0.5, 0.6) is 0 Å². The maximum absolute atomic E-state index is 12.0. The molecule has 0 radical (unpaired) electrons. The van der Waals surface area contributed by atoms with Crippen molar-refractivity contribution in [2.24, 2.45) is 0 Å². The summed E-state index contributed by atoms with van der Waals surface area (Å²) in [5.41, 5.74) is 1.43. The van der Waals surface area contributed by atoms with Crippen molar-refractivity contribution in [3.05, 3.63) is 54.0 Å². The van der Waals surface area contributed by atoms with Crippen LogP contribution in [0.1, 0.15) is 41.7 Å². The molecule has 0 saturated carbocycles. The fourth-order valence-electron chi connectivity index (χ4n) is 2.78. The molecular weight excluding hydrogens is 288 g/mol. The Labute approximate surface area is 136 Å². The molecule has 0 atom stereocenters. The van der Waals surface area contributed by atoms with Gasteiger partial charge in [-0.1, -0.05) is 25.0 Å². The molecule has 1 saturated heterocycles. The molecule has 1 aliphatic rings. The Morgan fingerprint density at radius 2 is 1.87 bits per heavy atom. The quantitative estimate of drug-likeness (QED) is 0.943. The van der Waals surface area contributed by atoms with Crippen LogP contribution in [0.15, 0.2) is 42.7 Å². The molecule has 1 N–H and O–H groups in total. The molecule has 0 bridgehead atoms. The van der Waals surface area contributed by atoms with Crippen molar-refractivity contribution in [2.45, 2.75) is 32.2 Å². The van der Waals surface area contributed by atoms with Gasteiger partial charge >= 0.3 is 0 Å². The predicted molar refractivity (Wildman–Crippen MR) is 90.3 cm³/mol. The van der Waals surface area contributed by atoms with Crippen molar-refractivity contribution in [1.82, 2.24) is 15.3 Å². The molecule has 1 fully saturated rings.